The summed E-state index contributed by atoms with van der Waals surface area (Å²) in [6, 6.07) is 0. The van der Waals surface area contributed by atoms with Crippen molar-refractivity contribution in [2.24, 2.45) is 0 Å². The van der Waals surface area contributed by atoms with E-state index in [-0.39, 0.29) is 0 Å². The molecule has 0 aromatic rings. The van der Waals surface area contributed by atoms with E-state index in [1.165, 1.54) is 64.2 Å². The molecule has 0 spiro atoms. The fraction of sp³-hybridized carbons (Fsp3) is 1.00. The Morgan fingerprint density at radius 2 is 0.296 bits per heavy atom. The van der Waals surface area contributed by atoms with Crippen LogP contribution in [0.3, 0.4) is 0 Å². The number of hydrogen-bond donors (Lipinski definition) is 0. The highest BCUT2D eigenvalue weighted by Crippen LogP contribution is 2.11. The SMILES string of the molecule is CCCCCCCCCCCCCOCCOCCOCCOCCOCCOCCOCCOCCOCCOCCOCCOCCOCCCC. The average Bonchev–Trinajstić information content (AvgIpc) is 3.18. The summed E-state index contributed by atoms with van der Waals surface area (Å²) < 4.78 is 71.7. The Morgan fingerprint density at radius 1 is 0.148 bits per heavy atom. The quantitative estimate of drug-likeness (QED) is 0.0642. The molecule has 54 heavy (non-hydrogen) atoms. The highest BCUT2D eigenvalue weighted by molar-refractivity contribution is 4.48. The second-order valence-electron chi connectivity index (χ2n) is 12.8. The van der Waals surface area contributed by atoms with Gasteiger partial charge in [0.2, 0.25) is 0 Å². The van der Waals surface area contributed by atoms with E-state index in [9.17, 15) is 0 Å². The summed E-state index contributed by atoms with van der Waals surface area (Å²) in [5.74, 6) is 0. The lowest BCUT2D eigenvalue weighted by atomic mass is 10.1. The lowest BCUT2D eigenvalue weighted by Crippen LogP contribution is -2.15. The van der Waals surface area contributed by atoms with Crippen molar-refractivity contribution in [2.75, 3.05) is 172 Å². The van der Waals surface area contributed by atoms with Gasteiger partial charge in [-0.2, -0.15) is 0 Å². The van der Waals surface area contributed by atoms with Gasteiger partial charge in [0.25, 0.3) is 0 Å². The zero-order chi connectivity index (χ0) is 38.8. The largest absolute Gasteiger partial charge is 0.379 e. The van der Waals surface area contributed by atoms with E-state index in [0.717, 1.165) is 32.5 Å². The molecule has 0 radical (unpaired) electrons. The predicted octanol–water partition coefficient (Wildman–Crippen LogP) is 6.31. The van der Waals surface area contributed by atoms with Crippen molar-refractivity contribution in [3.05, 3.63) is 0 Å². The van der Waals surface area contributed by atoms with Gasteiger partial charge in [-0.1, -0.05) is 84.5 Å². The smallest absolute Gasteiger partial charge is 0.0701 e. The summed E-state index contributed by atoms with van der Waals surface area (Å²) in [7, 11) is 0. The second-order valence-corrected chi connectivity index (χ2v) is 12.8. The molecular weight excluding hydrogens is 700 g/mol. The van der Waals surface area contributed by atoms with Crippen LogP contribution < -0.4 is 0 Å². The highest BCUT2D eigenvalue weighted by Gasteiger charge is 1.98. The molecule has 0 saturated heterocycles. The van der Waals surface area contributed by atoms with Crippen molar-refractivity contribution in [1.82, 2.24) is 0 Å². The molecule has 326 valence electrons. The monoisotopic (exact) mass is 785 g/mol. The minimum Gasteiger partial charge on any atom is -0.379 e. The molecule has 0 unspecified atom stereocenters. The van der Waals surface area contributed by atoms with Crippen LogP contribution in [0.1, 0.15) is 97.3 Å². The van der Waals surface area contributed by atoms with Crippen LogP contribution in [-0.2, 0) is 61.6 Å². The summed E-state index contributed by atoms with van der Waals surface area (Å²) >= 11 is 0. The molecule has 0 aromatic carbocycles. The number of ether oxygens (including phenoxy) is 13. The number of hydrogen-bond acceptors (Lipinski definition) is 13. The van der Waals surface area contributed by atoms with Gasteiger partial charge in [-0.05, 0) is 12.8 Å². The number of rotatable bonds is 51. The summed E-state index contributed by atoms with van der Waals surface area (Å²) in [6.07, 6.45) is 17.1. The molecule has 13 heteroatoms. The third kappa shape index (κ3) is 51.5. The average molecular weight is 785 g/mol. The first-order valence-electron chi connectivity index (χ1n) is 21.4. The van der Waals surface area contributed by atoms with E-state index >= 15 is 0 Å². The van der Waals surface area contributed by atoms with Gasteiger partial charge in [0.1, 0.15) is 0 Å². The summed E-state index contributed by atoms with van der Waals surface area (Å²) in [4.78, 5) is 0. The van der Waals surface area contributed by atoms with Crippen LogP contribution in [0.5, 0.6) is 0 Å². The van der Waals surface area contributed by atoms with Gasteiger partial charge in [0, 0.05) is 13.2 Å². The van der Waals surface area contributed by atoms with Crippen molar-refractivity contribution in [2.45, 2.75) is 97.3 Å². The maximum absolute atomic E-state index is 5.66. The Balaban J connectivity index is 3.05. The molecule has 0 atom stereocenters. The predicted molar refractivity (Wildman–Crippen MR) is 212 cm³/mol. The first-order chi connectivity index (χ1) is 26.9. The number of unbranched alkanes of at least 4 members (excludes halogenated alkanes) is 11. The van der Waals surface area contributed by atoms with E-state index in [1.807, 2.05) is 0 Å². The van der Waals surface area contributed by atoms with Crippen molar-refractivity contribution < 1.29 is 61.6 Å². The molecule has 0 fully saturated rings. The van der Waals surface area contributed by atoms with E-state index < -0.39 is 0 Å². The molecule has 0 heterocycles. The molecule has 0 aliphatic rings. The Bertz CT molecular complexity index is 584. The van der Waals surface area contributed by atoms with Gasteiger partial charge in [-0.25, -0.2) is 0 Å². The van der Waals surface area contributed by atoms with Crippen LogP contribution >= 0.6 is 0 Å². The fourth-order valence-corrected chi connectivity index (χ4v) is 4.86. The highest BCUT2D eigenvalue weighted by atomic mass is 16.6. The zero-order valence-corrected chi connectivity index (χ0v) is 34.9. The Kier molecular flexibility index (Phi) is 52.0. The fourth-order valence-electron chi connectivity index (χ4n) is 4.86. The Labute approximate surface area is 330 Å². The molecule has 13 nitrogen and oxygen atoms in total. The molecule has 0 amide bonds. The van der Waals surface area contributed by atoms with E-state index in [0.29, 0.717) is 159 Å². The van der Waals surface area contributed by atoms with Gasteiger partial charge in [-0.3, -0.25) is 0 Å². The topological polar surface area (TPSA) is 120 Å². The maximum Gasteiger partial charge on any atom is 0.0701 e. The molecule has 0 aliphatic heterocycles. The maximum atomic E-state index is 5.66. The van der Waals surface area contributed by atoms with Crippen molar-refractivity contribution >= 4 is 0 Å². The van der Waals surface area contributed by atoms with Gasteiger partial charge in [0.15, 0.2) is 0 Å². The molecule has 0 saturated carbocycles. The van der Waals surface area contributed by atoms with Crippen LogP contribution in [0, 0.1) is 0 Å². The van der Waals surface area contributed by atoms with E-state index in [4.69, 9.17) is 61.6 Å². The summed E-state index contributed by atoms with van der Waals surface area (Å²) in [5, 5.41) is 0. The lowest BCUT2D eigenvalue weighted by molar-refractivity contribution is -0.0290. The van der Waals surface area contributed by atoms with Crippen molar-refractivity contribution in [1.29, 1.82) is 0 Å². The van der Waals surface area contributed by atoms with Crippen molar-refractivity contribution in [3.63, 3.8) is 0 Å². The molecule has 0 rings (SSSR count). The summed E-state index contributed by atoms with van der Waals surface area (Å²) in [5.41, 5.74) is 0. The van der Waals surface area contributed by atoms with Gasteiger partial charge < -0.3 is 61.6 Å². The third-order valence-electron chi connectivity index (χ3n) is 8.00. The minimum atomic E-state index is 0.517. The van der Waals surface area contributed by atoms with Crippen LogP contribution in [0.15, 0.2) is 0 Å². The van der Waals surface area contributed by atoms with E-state index in [2.05, 4.69) is 13.8 Å². The van der Waals surface area contributed by atoms with E-state index in [1.54, 1.807) is 0 Å². The lowest BCUT2D eigenvalue weighted by Gasteiger charge is -2.09. The summed E-state index contributed by atoms with van der Waals surface area (Å²) in [6.45, 7) is 19.2. The normalized spacial score (nSPS) is 11.7. The Hall–Kier alpha value is -0.520. The van der Waals surface area contributed by atoms with Crippen LogP contribution in [0.25, 0.3) is 0 Å². The van der Waals surface area contributed by atoms with Gasteiger partial charge >= 0.3 is 0 Å². The zero-order valence-electron chi connectivity index (χ0n) is 34.9. The van der Waals surface area contributed by atoms with Gasteiger partial charge in [0.05, 0.1) is 159 Å². The second kappa shape index (κ2) is 52.5. The molecule has 0 aliphatic carbocycles. The molecule has 0 N–H and O–H groups in total. The van der Waals surface area contributed by atoms with Gasteiger partial charge in [-0.15, -0.1) is 0 Å². The minimum absolute atomic E-state index is 0.517. The first kappa shape index (κ1) is 53.5. The van der Waals surface area contributed by atoms with Crippen molar-refractivity contribution in [3.8, 4) is 0 Å². The first-order valence-corrected chi connectivity index (χ1v) is 21.4. The molecule has 0 bridgehead atoms. The van der Waals surface area contributed by atoms with Crippen LogP contribution in [-0.4, -0.2) is 172 Å². The standard InChI is InChI=1S/C41H84O13/c1-3-5-7-8-9-10-11-12-13-14-15-17-43-19-21-45-23-25-47-27-29-49-31-33-51-35-37-53-39-41-54-40-38-52-36-34-50-32-30-48-28-26-46-24-22-44-20-18-42-16-6-4-2/h3-41H2,1-2H3. The van der Waals surface area contributed by atoms with Crippen LogP contribution in [0.4, 0.5) is 0 Å². The Morgan fingerprint density at radius 3 is 0.500 bits per heavy atom. The molecular formula is C41H84O13. The molecule has 0 aromatic heterocycles. The van der Waals surface area contributed by atoms with Crippen LogP contribution in [0.2, 0.25) is 0 Å². The third-order valence-corrected chi connectivity index (χ3v) is 8.00.